The molecule has 0 radical (unpaired) electrons. The van der Waals surface area contributed by atoms with Crippen LogP contribution in [0.3, 0.4) is 0 Å². The van der Waals surface area contributed by atoms with Crippen LogP contribution in [0.4, 0.5) is 5.69 Å². The summed E-state index contributed by atoms with van der Waals surface area (Å²) in [5.41, 5.74) is 7.12. The molecule has 0 fully saturated rings. The minimum absolute atomic E-state index is 0.215. The first kappa shape index (κ1) is 11.4. The van der Waals surface area contributed by atoms with E-state index in [1.54, 1.807) is 19.2 Å². The molecule has 0 bridgehead atoms. The summed E-state index contributed by atoms with van der Waals surface area (Å²) >= 11 is 0. The number of hydrogen-bond acceptors (Lipinski definition) is 5. The second-order valence-corrected chi connectivity index (χ2v) is 4.06. The molecule has 0 unspecified atom stereocenters. The molecule has 0 saturated carbocycles. The average Bonchev–Trinajstić information content (AvgIpc) is 2.79. The first-order valence-corrected chi connectivity index (χ1v) is 5.39. The maximum absolute atomic E-state index is 5.74. The van der Waals surface area contributed by atoms with Gasteiger partial charge in [-0.05, 0) is 18.2 Å². The third-order valence-corrected chi connectivity index (χ3v) is 2.41. The molecule has 5 heteroatoms. The largest absolute Gasteiger partial charge is 0.495 e. The summed E-state index contributed by atoms with van der Waals surface area (Å²) in [6.07, 6.45) is 0. The minimum Gasteiger partial charge on any atom is -0.495 e. The van der Waals surface area contributed by atoms with Crippen LogP contribution < -0.4 is 10.5 Å². The van der Waals surface area contributed by atoms with Gasteiger partial charge in [-0.2, -0.15) is 0 Å². The van der Waals surface area contributed by atoms with E-state index in [1.165, 1.54) is 0 Å². The molecule has 1 aromatic carbocycles. The molecule has 5 nitrogen and oxygen atoms in total. The molecule has 0 aliphatic rings. The molecule has 2 aromatic rings. The third kappa shape index (κ3) is 2.22. The fraction of sp³-hybridized carbons (Fsp3) is 0.333. The average molecular weight is 233 g/mol. The van der Waals surface area contributed by atoms with Crippen molar-refractivity contribution in [3.8, 4) is 17.2 Å². The van der Waals surface area contributed by atoms with E-state index in [9.17, 15) is 0 Å². The summed E-state index contributed by atoms with van der Waals surface area (Å²) in [7, 11) is 1.57. The van der Waals surface area contributed by atoms with Gasteiger partial charge in [0.25, 0.3) is 0 Å². The Morgan fingerprint density at radius 3 is 2.65 bits per heavy atom. The van der Waals surface area contributed by atoms with Crippen molar-refractivity contribution in [2.24, 2.45) is 0 Å². The van der Waals surface area contributed by atoms with Gasteiger partial charge in [0.2, 0.25) is 11.8 Å². The second kappa shape index (κ2) is 4.45. The third-order valence-electron chi connectivity index (χ3n) is 2.41. The standard InChI is InChI=1S/C12H15N3O2/c1-7(2)11-14-15-12(17-11)8-4-5-9(13)10(6-8)16-3/h4-7H,13H2,1-3H3. The Balaban J connectivity index is 2.38. The normalized spacial score (nSPS) is 10.8. The smallest absolute Gasteiger partial charge is 0.247 e. The van der Waals surface area contributed by atoms with Crippen molar-refractivity contribution < 1.29 is 9.15 Å². The van der Waals surface area contributed by atoms with E-state index in [4.69, 9.17) is 14.9 Å². The van der Waals surface area contributed by atoms with Crippen LogP contribution in [0.2, 0.25) is 0 Å². The number of nitrogen functional groups attached to an aromatic ring is 1. The number of nitrogens with two attached hydrogens (primary N) is 1. The zero-order valence-corrected chi connectivity index (χ0v) is 10.1. The monoisotopic (exact) mass is 233 g/mol. The maximum atomic E-state index is 5.74. The number of nitrogens with zero attached hydrogens (tertiary/aromatic N) is 2. The van der Waals surface area contributed by atoms with Crippen LogP contribution in [0, 0.1) is 0 Å². The molecule has 90 valence electrons. The number of methoxy groups -OCH3 is 1. The van der Waals surface area contributed by atoms with E-state index >= 15 is 0 Å². The molecule has 2 rings (SSSR count). The Hall–Kier alpha value is -2.04. The van der Waals surface area contributed by atoms with Crippen LogP contribution in [-0.2, 0) is 0 Å². The summed E-state index contributed by atoms with van der Waals surface area (Å²) < 4.78 is 10.7. The molecule has 2 N–H and O–H groups in total. The van der Waals surface area contributed by atoms with Gasteiger partial charge in [-0.25, -0.2) is 0 Å². The first-order chi connectivity index (χ1) is 8.11. The highest BCUT2D eigenvalue weighted by Crippen LogP contribution is 2.28. The highest BCUT2D eigenvalue weighted by molar-refractivity contribution is 5.64. The molecule has 17 heavy (non-hydrogen) atoms. The molecule has 0 spiro atoms. The van der Waals surface area contributed by atoms with E-state index in [1.807, 2.05) is 19.9 Å². The molecule has 1 aromatic heterocycles. The molecule has 0 amide bonds. The Labute approximate surface area is 99.6 Å². The number of anilines is 1. The quantitative estimate of drug-likeness (QED) is 0.824. The van der Waals surface area contributed by atoms with Crippen LogP contribution in [0.5, 0.6) is 5.75 Å². The van der Waals surface area contributed by atoms with Gasteiger partial charge in [-0.3, -0.25) is 0 Å². The Morgan fingerprint density at radius 2 is 2.06 bits per heavy atom. The second-order valence-electron chi connectivity index (χ2n) is 4.06. The summed E-state index contributed by atoms with van der Waals surface area (Å²) in [4.78, 5) is 0. The number of rotatable bonds is 3. The molecule has 0 saturated heterocycles. The number of benzene rings is 1. The lowest BCUT2D eigenvalue weighted by molar-refractivity contribution is 0.416. The van der Waals surface area contributed by atoms with Crippen molar-refractivity contribution in [1.82, 2.24) is 10.2 Å². The molecule has 0 aliphatic carbocycles. The summed E-state index contributed by atoms with van der Waals surface area (Å²) in [6, 6.07) is 5.37. The Morgan fingerprint density at radius 1 is 1.29 bits per heavy atom. The van der Waals surface area contributed by atoms with Crippen molar-refractivity contribution in [2.45, 2.75) is 19.8 Å². The van der Waals surface area contributed by atoms with Gasteiger partial charge in [0.05, 0.1) is 12.8 Å². The van der Waals surface area contributed by atoms with Gasteiger partial charge < -0.3 is 14.9 Å². The lowest BCUT2D eigenvalue weighted by Crippen LogP contribution is -1.92. The van der Waals surface area contributed by atoms with Gasteiger partial charge in [-0.15, -0.1) is 10.2 Å². The molecule has 0 atom stereocenters. The van der Waals surface area contributed by atoms with Crippen molar-refractivity contribution in [1.29, 1.82) is 0 Å². The van der Waals surface area contributed by atoms with E-state index in [0.717, 1.165) is 5.56 Å². The van der Waals surface area contributed by atoms with Crippen molar-refractivity contribution >= 4 is 5.69 Å². The number of hydrogen-bond donors (Lipinski definition) is 1. The minimum atomic E-state index is 0.215. The van der Waals surface area contributed by atoms with Crippen LogP contribution in [-0.4, -0.2) is 17.3 Å². The van der Waals surface area contributed by atoms with E-state index in [-0.39, 0.29) is 5.92 Å². The number of aromatic nitrogens is 2. The fourth-order valence-electron chi connectivity index (χ4n) is 1.43. The van der Waals surface area contributed by atoms with E-state index in [0.29, 0.717) is 23.2 Å². The number of ether oxygens (including phenoxy) is 1. The zero-order chi connectivity index (χ0) is 12.4. The summed E-state index contributed by atoms with van der Waals surface area (Å²) in [5.74, 6) is 1.92. The summed E-state index contributed by atoms with van der Waals surface area (Å²) in [5, 5.41) is 7.98. The molecular formula is C12H15N3O2. The lowest BCUT2D eigenvalue weighted by Gasteiger charge is -2.04. The van der Waals surface area contributed by atoms with Crippen molar-refractivity contribution in [2.75, 3.05) is 12.8 Å². The van der Waals surface area contributed by atoms with Crippen LogP contribution >= 0.6 is 0 Å². The lowest BCUT2D eigenvalue weighted by atomic mass is 10.2. The molecular weight excluding hydrogens is 218 g/mol. The van der Waals surface area contributed by atoms with Crippen molar-refractivity contribution in [3.05, 3.63) is 24.1 Å². The van der Waals surface area contributed by atoms with Crippen LogP contribution in [0.25, 0.3) is 11.5 Å². The highest BCUT2D eigenvalue weighted by Gasteiger charge is 2.12. The zero-order valence-electron chi connectivity index (χ0n) is 10.1. The SMILES string of the molecule is COc1cc(-c2nnc(C(C)C)o2)ccc1N. The van der Waals surface area contributed by atoms with Gasteiger partial charge in [0, 0.05) is 11.5 Å². The first-order valence-electron chi connectivity index (χ1n) is 5.39. The van der Waals surface area contributed by atoms with E-state index in [2.05, 4.69) is 10.2 Å². The van der Waals surface area contributed by atoms with Gasteiger partial charge in [0.1, 0.15) is 5.75 Å². The van der Waals surface area contributed by atoms with Gasteiger partial charge in [-0.1, -0.05) is 13.8 Å². The van der Waals surface area contributed by atoms with Crippen LogP contribution in [0.15, 0.2) is 22.6 Å². The molecule has 1 heterocycles. The Bertz CT molecular complexity index is 520. The van der Waals surface area contributed by atoms with Gasteiger partial charge >= 0.3 is 0 Å². The fourth-order valence-corrected chi connectivity index (χ4v) is 1.43. The highest BCUT2D eigenvalue weighted by atomic mass is 16.5. The Kier molecular flexibility index (Phi) is 2.99. The molecule has 0 aliphatic heterocycles. The summed E-state index contributed by atoms with van der Waals surface area (Å²) in [6.45, 7) is 4.00. The van der Waals surface area contributed by atoms with Crippen molar-refractivity contribution in [3.63, 3.8) is 0 Å². The predicted octanol–water partition coefficient (Wildman–Crippen LogP) is 2.45. The van der Waals surface area contributed by atoms with E-state index < -0.39 is 0 Å². The maximum Gasteiger partial charge on any atom is 0.247 e. The predicted molar refractivity (Wildman–Crippen MR) is 64.8 cm³/mol. The van der Waals surface area contributed by atoms with Gasteiger partial charge in [0.15, 0.2) is 0 Å². The van der Waals surface area contributed by atoms with Crippen LogP contribution in [0.1, 0.15) is 25.7 Å². The topological polar surface area (TPSA) is 74.2 Å².